The van der Waals surface area contributed by atoms with Crippen LogP contribution in [0.2, 0.25) is 0 Å². The highest BCUT2D eigenvalue weighted by Crippen LogP contribution is 2.19. The molecule has 118 valence electrons. The molecule has 0 radical (unpaired) electrons. The number of hydrogen-bond donors (Lipinski definition) is 2. The van der Waals surface area contributed by atoms with Gasteiger partial charge in [0.05, 0.1) is 12.8 Å². The zero-order chi connectivity index (χ0) is 16.1. The SMILES string of the molecule is Cc1nc(SCc2cccc(C(=O)NCc3ccco3)c2)n[nH]1. The Bertz CT molecular complexity index is 783. The molecule has 23 heavy (non-hydrogen) atoms. The van der Waals surface area contributed by atoms with Gasteiger partial charge in [0, 0.05) is 11.3 Å². The minimum absolute atomic E-state index is 0.123. The van der Waals surface area contributed by atoms with Gasteiger partial charge >= 0.3 is 0 Å². The molecule has 0 saturated carbocycles. The fourth-order valence-corrected chi connectivity index (χ4v) is 2.81. The minimum Gasteiger partial charge on any atom is -0.467 e. The van der Waals surface area contributed by atoms with E-state index in [2.05, 4.69) is 20.5 Å². The van der Waals surface area contributed by atoms with E-state index in [0.29, 0.717) is 23.0 Å². The molecule has 2 aromatic heterocycles. The molecule has 7 heteroatoms. The quantitative estimate of drug-likeness (QED) is 0.680. The second-order valence-electron chi connectivity index (χ2n) is 4.95. The van der Waals surface area contributed by atoms with Crippen LogP contribution in [0.3, 0.4) is 0 Å². The lowest BCUT2D eigenvalue weighted by Gasteiger charge is -2.05. The molecule has 0 unspecified atom stereocenters. The monoisotopic (exact) mass is 328 g/mol. The third-order valence-corrected chi connectivity index (χ3v) is 4.06. The Balaban J connectivity index is 1.58. The van der Waals surface area contributed by atoms with Crippen molar-refractivity contribution < 1.29 is 9.21 Å². The molecule has 0 saturated heterocycles. The maximum atomic E-state index is 12.2. The number of benzene rings is 1. The molecule has 1 aromatic carbocycles. The van der Waals surface area contributed by atoms with Gasteiger partial charge < -0.3 is 9.73 Å². The summed E-state index contributed by atoms with van der Waals surface area (Å²) in [4.78, 5) is 16.4. The van der Waals surface area contributed by atoms with Crippen LogP contribution in [0, 0.1) is 6.92 Å². The summed E-state index contributed by atoms with van der Waals surface area (Å²) in [6.07, 6.45) is 1.59. The second-order valence-corrected chi connectivity index (χ2v) is 5.90. The number of furan rings is 1. The average molecular weight is 328 g/mol. The molecular formula is C16H16N4O2S. The molecule has 0 spiro atoms. The zero-order valence-electron chi connectivity index (χ0n) is 12.6. The number of carbonyl (C=O) groups is 1. The fraction of sp³-hybridized carbons (Fsp3) is 0.188. The van der Waals surface area contributed by atoms with Crippen molar-refractivity contribution in [2.45, 2.75) is 24.4 Å². The van der Waals surface area contributed by atoms with Crippen molar-refractivity contribution in [2.75, 3.05) is 0 Å². The van der Waals surface area contributed by atoms with Crippen molar-refractivity contribution in [3.63, 3.8) is 0 Å². The number of hydrogen-bond acceptors (Lipinski definition) is 5. The van der Waals surface area contributed by atoms with E-state index in [0.717, 1.165) is 17.1 Å². The van der Waals surface area contributed by atoms with Crippen molar-refractivity contribution in [1.82, 2.24) is 20.5 Å². The van der Waals surface area contributed by atoms with Gasteiger partial charge in [-0.15, -0.1) is 5.10 Å². The van der Waals surface area contributed by atoms with Crippen molar-refractivity contribution in [1.29, 1.82) is 0 Å². The van der Waals surface area contributed by atoms with Crippen LogP contribution in [-0.2, 0) is 12.3 Å². The Morgan fingerprint density at radius 2 is 2.26 bits per heavy atom. The topological polar surface area (TPSA) is 83.8 Å². The van der Waals surface area contributed by atoms with E-state index in [4.69, 9.17) is 4.42 Å². The van der Waals surface area contributed by atoms with Crippen LogP contribution >= 0.6 is 11.8 Å². The largest absolute Gasteiger partial charge is 0.467 e. The van der Waals surface area contributed by atoms with Crippen LogP contribution in [0.25, 0.3) is 0 Å². The molecule has 0 fully saturated rings. The maximum Gasteiger partial charge on any atom is 0.251 e. The van der Waals surface area contributed by atoms with E-state index in [1.807, 2.05) is 31.2 Å². The van der Waals surface area contributed by atoms with Gasteiger partial charge in [-0.2, -0.15) is 0 Å². The summed E-state index contributed by atoms with van der Waals surface area (Å²) in [5.41, 5.74) is 1.67. The summed E-state index contributed by atoms with van der Waals surface area (Å²) in [7, 11) is 0. The molecule has 0 aliphatic rings. The number of nitrogens with one attached hydrogen (secondary N) is 2. The third kappa shape index (κ3) is 4.23. The van der Waals surface area contributed by atoms with Crippen molar-refractivity contribution in [3.8, 4) is 0 Å². The molecule has 6 nitrogen and oxygen atoms in total. The number of thioether (sulfide) groups is 1. The zero-order valence-corrected chi connectivity index (χ0v) is 13.4. The van der Waals surface area contributed by atoms with Gasteiger partial charge in [0.2, 0.25) is 5.16 Å². The molecule has 0 atom stereocenters. The van der Waals surface area contributed by atoms with Crippen LogP contribution < -0.4 is 5.32 Å². The Hall–Kier alpha value is -2.54. The number of rotatable bonds is 6. The summed E-state index contributed by atoms with van der Waals surface area (Å²) < 4.78 is 5.20. The molecule has 0 bridgehead atoms. The van der Waals surface area contributed by atoms with Gasteiger partial charge in [0.15, 0.2) is 0 Å². The highest BCUT2D eigenvalue weighted by atomic mass is 32.2. The van der Waals surface area contributed by atoms with E-state index in [1.165, 1.54) is 11.8 Å². The van der Waals surface area contributed by atoms with Crippen molar-refractivity contribution in [3.05, 3.63) is 65.4 Å². The minimum atomic E-state index is -0.123. The fourth-order valence-electron chi connectivity index (χ4n) is 2.02. The maximum absolute atomic E-state index is 12.2. The van der Waals surface area contributed by atoms with E-state index in [9.17, 15) is 4.79 Å². The highest BCUT2D eigenvalue weighted by Gasteiger charge is 2.08. The van der Waals surface area contributed by atoms with Gasteiger partial charge in [-0.25, -0.2) is 4.98 Å². The van der Waals surface area contributed by atoms with Crippen LogP contribution in [0.15, 0.2) is 52.2 Å². The number of H-pyrrole nitrogens is 1. The van der Waals surface area contributed by atoms with Crippen LogP contribution in [0.5, 0.6) is 0 Å². The Labute approximate surface area is 137 Å². The number of amides is 1. The number of carbonyl (C=O) groups excluding carboxylic acids is 1. The van der Waals surface area contributed by atoms with E-state index >= 15 is 0 Å². The van der Waals surface area contributed by atoms with E-state index in [-0.39, 0.29) is 5.91 Å². The average Bonchev–Trinajstić information content (AvgIpc) is 3.22. The lowest BCUT2D eigenvalue weighted by molar-refractivity contribution is 0.0948. The lowest BCUT2D eigenvalue weighted by atomic mass is 10.1. The highest BCUT2D eigenvalue weighted by molar-refractivity contribution is 7.98. The summed E-state index contributed by atoms with van der Waals surface area (Å²) in [5.74, 6) is 2.10. The summed E-state index contributed by atoms with van der Waals surface area (Å²) in [5, 5.41) is 10.4. The lowest BCUT2D eigenvalue weighted by Crippen LogP contribution is -2.22. The Morgan fingerprint density at radius 3 is 3.00 bits per heavy atom. The first-order chi connectivity index (χ1) is 11.2. The van der Waals surface area contributed by atoms with Crippen molar-refractivity contribution >= 4 is 17.7 Å². The third-order valence-electron chi connectivity index (χ3n) is 3.14. The molecule has 2 heterocycles. The summed E-state index contributed by atoms with van der Waals surface area (Å²) in [6.45, 7) is 2.24. The summed E-state index contributed by atoms with van der Waals surface area (Å²) in [6, 6.07) is 11.2. The number of aromatic amines is 1. The second kappa shape index (κ2) is 7.15. The standard InChI is InChI=1S/C16H16N4O2S/c1-11-18-16(20-19-11)23-10-12-4-2-5-13(8-12)15(21)17-9-14-6-3-7-22-14/h2-8H,9-10H2,1H3,(H,17,21)(H,18,19,20). The van der Waals surface area contributed by atoms with Crippen LogP contribution in [-0.4, -0.2) is 21.1 Å². The predicted octanol–water partition coefficient (Wildman–Crippen LogP) is 2.93. The predicted molar refractivity (Wildman–Crippen MR) is 87.0 cm³/mol. The van der Waals surface area contributed by atoms with Crippen LogP contribution in [0.1, 0.15) is 27.5 Å². The molecule has 2 N–H and O–H groups in total. The van der Waals surface area contributed by atoms with Gasteiger partial charge in [-0.3, -0.25) is 9.89 Å². The number of nitrogens with zero attached hydrogens (tertiary/aromatic N) is 2. The normalized spacial score (nSPS) is 10.7. The van der Waals surface area contributed by atoms with E-state index in [1.54, 1.807) is 18.4 Å². The van der Waals surface area contributed by atoms with E-state index < -0.39 is 0 Å². The molecule has 0 aliphatic carbocycles. The molecule has 0 aliphatic heterocycles. The van der Waals surface area contributed by atoms with Gasteiger partial charge in [0.1, 0.15) is 11.6 Å². The summed E-state index contributed by atoms with van der Waals surface area (Å²) >= 11 is 1.53. The first-order valence-corrected chi connectivity index (χ1v) is 8.10. The first-order valence-electron chi connectivity index (χ1n) is 7.12. The number of aromatic nitrogens is 3. The van der Waals surface area contributed by atoms with Crippen LogP contribution in [0.4, 0.5) is 0 Å². The number of aryl methyl sites for hydroxylation is 1. The first kappa shape index (κ1) is 15.4. The van der Waals surface area contributed by atoms with Gasteiger partial charge in [-0.1, -0.05) is 23.9 Å². The molecule has 1 amide bonds. The Morgan fingerprint density at radius 1 is 1.35 bits per heavy atom. The molecule has 3 aromatic rings. The van der Waals surface area contributed by atoms with Gasteiger partial charge in [0.25, 0.3) is 5.91 Å². The van der Waals surface area contributed by atoms with Crippen molar-refractivity contribution in [2.24, 2.45) is 0 Å². The van der Waals surface area contributed by atoms with Gasteiger partial charge in [-0.05, 0) is 36.8 Å². The smallest absolute Gasteiger partial charge is 0.251 e. The Kier molecular flexibility index (Phi) is 4.77. The molecular weight excluding hydrogens is 312 g/mol. The molecule has 3 rings (SSSR count).